The van der Waals surface area contributed by atoms with Crippen molar-refractivity contribution in [1.29, 1.82) is 0 Å². The summed E-state index contributed by atoms with van der Waals surface area (Å²) in [5.74, 6) is 0. The van der Waals surface area contributed by atoms with Gasteiger partial charge in [0, 0.05) is 6.26 Å². The van der Waals surface area contributed by atoms with Crippen LogP contribution in [0.15, 0.2) is 18.2 Å². The Bertz CT molecular complexity index is 547. The molecule has 0 aromatic heterocycles. The van der Waals surface area contributed by atoms with Gasteiger partial charge in [0.15, 0.2) is 9.84 Å². The highest BCUT2D eigenvalue weighted by atomic mass is 32.2. The van der Waals surface area contributed by atoms with Crippen LogP contribution in [0.25, 0.3) is 0 Å². The van der Waals surface area contributed by atoms with E-state index in [1.165, 1.54) is 6.26 Å². The summed E-state index contributed by atoms with van der Waals surface area (Å²) in [5.41, 5.74) is 3.33. The second-order valence-corrected chi connectivity index (χ2v) is 8.32. The van der Waals surface area contributed by atoms with Crippen molar-refractivity contribution in [2.45, 2.75) is 45.4 Å². The quantitative estimate of drug-likeness (QED) is 0.904. The van der Waals surface area contributed by atoms with Gasteiger partial charge in [-0.15, -0.1) is 0 Å². The molecule has 0 aliphatic heterocycles. The lowest BCUT2D eigenvalue weighted by Gasteiger charge is -2.34. The van der Waals surface area contributed by atoms with Gasteiger partial charge in [0.05, 0.1) is 10.8 Å². The zero-order valence-electron chi connectivity index (χ0n) is 12.7. The van der Waals surface area contributed by atoms with Gasteiger partial charge < -0.3 is 5.32 Å². The summed E-state index contributed by atoms with van der Waals surface area (Å²) in [7, 11) is -3.16. The Morgan fingerprint density at radius 1 is 1.26 bits per heavy atom. The largest absolute Gasteiger partial charge is 0.309 e. The van der Waals surface area contributed by atoms with Crippen molar-refractivity contribution in [2.75, 3.05) is 12.8 Å². The van der Waals surface area contributed by atoms with E-state index in [0.717, 1.165) is 23.2 Å². The summed E-state index contributed by atoms with van der Waals surface area (Å²) in [6, 6.07) is 5.98. The zero-order chi connectivity index (χ0) is 14.8. The molecule has 0 spiro atoms. The second-order valence-electron chi connectivity index (χ2n) is 5.73. The van der Waals surface area contributed by atoms with Crippen molar-refractivity contribution >= 4 is 9.84 Å². The Labute approximate surface area is 117 Å². The van der Waals surface area contributed by atoms with Crippen LogP contribution in [0.2, 0.25) is 0 Å². The highest BCUT2D eigenvalue weighted by Gasteiger charge is 2.40. The van der Waals surface area contributed by atoms with E-state index < -0.39 is 14.6 Å². The smallest absolute Gasteiger partial charge is 0.154 e. The Hall–Kier alpha value is -0.870. The molecular weight excluding hydrogens is 258 g/mol. The van der Waals surface area contributed by atoms with Gasteiger partial charge in [0.2, 0.25) is 0 Å². The lowest BCUT2D eigenvalue weighted by atomic mass is 9.90. The van der Waals surface area contributed by atoms with Crippen LogP contribution >= 0.6 is 0 Å². The number of hydrogen-bond donors (Lipinski definition) is 1. The highest BCUT2D eigenvalue weighted by Crippen LogP contribution is 2.34. The maximum Gasteiger partial charge on any atom is 0.154 e. The molecule has 1 rings (SSSR count). The van der Waals surface area contributed by atoms with Crippen LogP contribution in [-0.2, 0) is 9.84 Å². The number of rotatable bonds is 5. The van der Waals surface area contributed by atoms with E-state index in [0.29, 0.717) is 0 Å². The minimum atomic E-state index is -3.16. The summed E-state index contributed by atoms with van der Waals surface area (Å²) < 4.78 is 23.4. The van der Waals surface area contributed by atoms with E-state index in [9.17, 15) is 8.42 Å². The molecule has 0 aliphatic rings. The average Bonchev–Trinajstić information content (AvgIpc) is 2.28. The first-order valence-electron chi connectivity index (χ1n) is 6.61. The van der Waals surface area contributed by atoms with E-state index in [1.807, 2.05) is 26.8 Å². The number of hydrogen-bond acceptors (Lipinski definition) is 3. The molecule has 0 aliphatic carbocycles. The van der Waals surface area contributed by atoms with Gasteiger partial charge in [0.1, 0.15) is 0 Å². The van der Waals surface area contributed by atoms with Crippen LogP contribution in [-0.4, -0.2) is 26.0 Å². The fourth-order valence-corrected chi connectivity index (χ4v) is 2.86. The van der Waals surface area contributed by atoms with Crippen LogP contribution in [0.5, 0.6) is 0 Å². The van der Waals surface area contributed by atoms with Crippen LogP contribution in [0.1, 0.15) is 43.5 Å². The molecule has 0 fully saturated rings. The summed E-state index contributed by atoms with van der Waals surface area (Å²) in [6.45, 7) is 10.4. The average molecular weight is 283 g/mol. The minimum Gasteiger partial charge on any atom is -0.309 e. The molecule has 3 nitrogen and oxygen atoms in total. The Balaban J connectivity index is 3.40. The number of nitrogens with one attached hydrogen (secondary N) is 1. The summed E-state index contributed by atoms with van der Waals surface area (Å²) in [6.07, 6.45) is 1.31. The van der Waals surface area contributed by atoms with Crippen LogP contribution < -0.4 is 5.32 Å². The van der Waals surface area contributed by atoms with E-state index in [2.05, 4.69) is 17.4 Å². The zero-order valence-corrected chi connectivity index (χ0v) is 13.6. The fraction of sp³-hybridized carbons (Fsp3) is 0.600. The van der Waals surface area contributed by atoms with Crippen molar-refractivity contribution < 1.29 is 8.42 Å². The molecule has 0 amide bonds. The van der Waals surface area contributed by atoms with Crippen molar-refractivity contribution in [3.8, 4) is 0 Å². The molecule has 0 saturated carbocycles. The molecule has 0 heterocycles. The van der Waals surface area contributed by atoms with Gasteiger partial charge in [-0.05, 0) is 45.4 Å². The third kappa shape index (κ3) is 3.37. The van der Waals surface area contributed by atoms with Gasteiger partial charge in [-0.25, -0.2) is 8.42 Å². The molecule has 0 saturated heterocycles. The normalized spacial score (nSPS) is 14.4. The van der Waals surface area contributed by atoms with Gasteiger partial charge in [-0.3, -0.25) is 0 Å². The van der Waals surface area contributed by atoms with Crippen molar-refractivity contribution in [3.63, 3.8) is 0 Å². The Morgan fingerprint density at radius 3 is 2.32 bits per heavy atom. The second kappa shape index (κ2) is 5.63. The van der Waals surface area contributed by atoms with Crippen LogP contribution in [0.4, 0.5) is 0 Å². The first kappa shape index (κ1) is 16.2. The number of sulfone groups is 1. The standard InChI is InChI=1S/C15H25NO2S/c1-7-16-14(15(4,5)19(6,17)18)13-10-11(2)8-9-12(13)3/h8-10,14,16H,7H2,1-6H3. The van der Waals surface area contributed by atoms with Crippen LogP contribution in [0.3, 0.4) is 0 Å². The van der Waals surface area contributed by atoms with Crippen LogP contribution in [0, 0.1) is 13.8 Å². The van der Waals surface area contributed by atoms with Crippen molar-refractivity contribution in [3.05, 3.63) is 34.9 Å². The predicted molar refractivity (Wildman–Crippen MR) is 81.3 cm³/mol. The number of benzene rings is 1. The highest BCUT2D eigenvalue weighted by molar-refractivity contribution is 7.92. The van der Waals surface area contributed by atoms with E-state index in [-0.39, 0.29) is 6.04 Å². The number of aryl methyl sites for hydroxylation is 2. The molecule has 108 valence electrons. The van der Waals surface area contributed by atoms with Gasteiger partial charge in [-0.2, -0.15) is 0 Å². The topological polar surface area (TPSA) is 46.2 Å². The maximum atomic E-state index is 12.1. The Kier molecular flexibility index (Phi) is 4.80. The SMILES string of the molecule is CCNC(c1cc(C)ccc1C)C(C)(C)S(C)(=O)=O. The molecule has 1 unspecified atom stereocenters. The molecule has 0 bridgehead atoms. The van der Waals surface area contributed by atoms with Crippen molar-refractivity contribution in [1.82, 2.24) is 5.32 Å². The monoisotopic (exact) mass is 283 g/mol. The maximum absolute atomic E-state index is 12.1. The Morgan fingerprint density at radius 2 is 1.84 bits per heavy atom. The molecule has 1 aromatic carbocycles. The lowest BCUT2D eigenvalue weighted by molar-refractivity contribution is 0.427. The molecule has 1 aromatic rings. The molecule has 4 heteroatoms. The lowest BCUT2D eigenvalue weighted by Crippen LogP contribution is -2.45. The van der Waals surface area contributed by atoms with Gasteiger partial charge in [-0.1, -0.05) is 30.7 Å². The molecular formula is C15H25NO2S. The first-order valence-corrected chi connectivity index (χ1v) is 8.50. The van der Waals surface area contributed by atoms with E-state index in [4.69, 9.17) is 0 Å². The molecule has 1 N–H and O–H groups in total. The van der Waals surface area contributed by atoms with Gasteiger partial charge in [0.25, 0.3) is 0 Å². The predicted octanol–water partition coefficient (Wildman–Crippen LogP) is 2.78. The molecule has 19 heavy (non-hydrogen) atoms. The van der Waals surface area contributed by atoms with Gasteiger partial charge >= 0.3 is 0 Å². The van der Waals surface area contributed by atoms with Crippen molar-refractivity contribution in [2.24, 2.45) is 0 Å². The van der Waals surface area contributed by atoms with E-state index in [1.54, 1.807) is 13.8 Å². The molecule has 0 radical (unpaired) electrons. The summed E-state index contributed by atoms with van der Waals surface area (Å²) in [4.78, 5) is 0. The third-order valence-corrected chi connectivity index (χ3v) is 5.95. The minimum absolute atomic E-state index is 0.201. The summed E-state index contributed by atoms with van der Waals surface area (Å²) >= 11 is 0. The molecule has 1 atom stereocenters. The fourth-order valence-electron chi connectivity index (χ4n) is 2.22. The first-order chi connectivity index (χ1) is 8.61. The van der Waals surface area contributed by atoms with E-state index >= 15 is 0 Å². The summed E-state index contributed by atoms with van der Waals surface area (Å²) in [5, 5.41) is 3.33. The third-order valence-electron chi connectivity index (χ3n) is 3.80.